The third kappa shape index (κ3) is 3.62. The van der Waals surface area contributed by atoms with Crippen LogP contribution in [0.5, 0.6) is 0 Å². The van der Waals surface area contributed by atoms with E-state index >= 15 is 0 Å². The number of aromatic nitrogens is 5. The summed E-state index contributed by atoms with van der Waals surface area (Å²) in [6.07, 6.45) is 10.1. The van der Waals surface area contributed by atoms with E-state index in [2.05, 4.69) is 54.2 Å². The van der Waals surface area contributed by atoms with Gasteiger partial charge in [-0.3, -0.25) is 4.90 Å². The minimum atomic E-state index is 0.736. The summed E-state index contributed by atoms with van der Waals surface area (Å²) < 4.78 is 7.39. The van der Waals surface area contributed by atoms with Crippen LogP contribution >= 0.6 is 0 Å². The van der Waals surface area contributed by atoms with Crippen molar-refractivity contribution in [1.29, 1.82) is 0 Å². The first-order chi connectivity index (χ1) is 15.8. The van der Waals surface area contributed by atoms with Gasteiger partial charge in [0.25, 0.3) is 0 Å². The quantitative estimate of drug-likeness (QED) is 0.448. The first kappa shape index (κ1) is 19.1. The van der Waals surface area contributed by atoms with E-state index in [9.17, 15) is 0 Å². The van der Waals surface area contributed by atoms with Crippen molar-refractivity contribution >= 4 is 27.7 Å². The molecule has 0 amide bonds. The summed E-state index contributed by atoms with van der Waals surface area (Å²) in [5, 5.41) is 6.62. The maximum absolute atomic E-state index is 5.54. The zero-order valence-electron chi connectivity index (χ0n) is 17.8. The van der Waals surface area contributed by atoms with Gasteiger partial charge >= 0.3 is 0 Å². The fraction of sp³-hybridized carbons (Fsp3) is 0.292. The third-order valence-corrected chi connectivity index (χ3v) is 6.37. The van der Waals surface area contributed by atoms with Gasteiger partial charge < -0.3 is 14.3 Å². The number of H-pyrrole nitrogens is 1. The van der Waals surface area contributed by atoms with Crippen LogP contribution in [0.4, 0.5) is 5.82 Å². The van der Waals surface area contributed by atoms with Crippen LogP contribution in [0.25, 0.3) is 21.9 Å². The van der Waals surface area contributed by atoms with Crippen LogP contribution in [0.3, 0.4) is 0 Å². The number of hydrogen-bond donors (Lipinski definition) is 1. The molecule has 1 fully saturated rings. The van der Waals surface area contributed by atoms with Crippen LogP contribution in [-0.2, 0) is 13.0 Å². The first-order valence-corrected chi connectivity index (χ1v) is 11.0. The monoisotopic (exact) mass is 427 g/mol. The smallest absolute Gasteiger partial charge is 0.139 e. The normalized spacial score (nSPS) is 15.2. The Bertz CT molecular complexity index is 1330. The molecular formula is C24H25N7O. The SMILES string of the molecule is c1cc2occc2c(N2CCN(CCc3c[nH]c4ccc(Cn5cncn5)cc34)CC2)n1. The van der Waals surface area contributed by atoms with Crippen molar-refractivity contribution in [2.45, 2.75) is 13.0 Å². The molecule has 1 aliphatic rings. The molecule has 5 heterocycles. The molecule has 8 nitrogen and oxygen atoms in total. The Morgan fingerprint density at radius 2 is 1.97 bits per heavy atom. The van der Waals surface area contributed by atoms with Gasteiger partial charge in [-0.2, -0.15) is 5.10 Å². The van der Waals surface area contributed by atoms with E-state index in [0.717, 1.165) is 62.5 Å². The van der Waals surface area contributed by atoms with Crippen LogP contribution in [0, 0.1) is 0 Å². The molecule has 32 heavy (non-hydrogen) atoms. The van der Waals surface area contributed by atoms with Crippen molar-refractivity contribution < 1.29 is 4.42 Å². The van der Waals surface area contributed by atoms with Crippen molar-refractivity contribution in [2.75, 3.05) is 37.6 Å². The second kappa shape index (κ2) is 8.12. The Morgan fingerprint density at radius 1 is 1.03 bits per heavy atom. The second-order valence-corrected chi connectivity index (χ2v) is 8.33. The Balaban J connectivity index is 1.10. The van der Waals surface area contributed by atoms with E-state index in [-0.39, 0.29) is 0 Å². The fourth-order valence-corrected chi connectivity index (χ4v) is 4.63. The molecule has 1 saturated heterocycles. The lowest BCUT2D eigenvalue weighted by Crippen LogP contribution is -2.47. The van der Waals surface area contributed by atoms with Crippen molar-refractivity contribution in [1.82, 2.24) is 29.6 Å². The van der Waals surface area contributed by atoms with Crippen molar-refractivity contribution in [3.05, 3.63) is 72.8 Å². The van der Waals surface area contributed by atoms with E-state index in [1.54, 1.807) is 18.9 Å². The van der Waals surface area contributed by atoms with Crippen LogP contribution in [-0.4, -0.2) is 62.4 Å². The number of rotatable bonds is 6. The molecule has 0 saturated carbocycles. The highest BCUT2D eigenvalue weighted by Gasteiger charge is 2.20. The predicted molar refractivity (Wildman–Crippen MR) is 124 cm³/mol. The maximum atomic E-state index is 5.54. The van der Waals surface area contributed by atoms with E-state index in [0.29, 0.717) is 0 Å². The summed E-state index contributed by atoms with van der Waals surface area (Å²) in [5.74, 6) is 1.03. The summed E-state index contributed by atoms with van der Waals surface area (Å²) >= 11 is 0. The molecule has 0 bridgehead atoms. The highest BCUT2D eigenvalue weighted by atomic mass is 16.3. The molecule has 0 unspecified atom stereocenters. The van der Waals surface area contributed by atoms with Crippen LogP contribution in [0.1, 0.15) is 11.1 Å². The number of pyridine rings is 1. The lowest BCUT2D eigenvalue weighted by molar-refractivity contribution is 0.261. The molecule has 162 valence electrons. The molecule has 1 N–H and O–H groups in total. The van der Waals surface area contributed by atoms with Crippen molar-refractivity contribution in [3.63, 3.8) is 0 Å². The van der Waals surface area contributed by atoms with Gasteiger partial charge in [-0.05, 0) is 41.8 Å². The standard InChI is InChI=1S/C24H25N7O/c1-2-22-21(13-18(1)15-31-17-25-16-28-31)19(14-27-22)4-7-29-8-10-30(11-9-29)24-20-5-12-32-23(20)3-6-26-24/h1-3,5-6,12-14,16-17,27H,4,7-11,15H2. The van der Waals surface area contributed by atoms with Gasteiger partial charge in [-0.25, -0.2) is 14.6 Å². The number of nitrogens with zero attached hydrogens (tertiary/aromatic N) is 6. The van der Waals surface area contributed by atoms with Crippen LogP contribution in [0.15, 0.2) is 66.1 Å². The van der Waals surface area contributed by atoms with Crippen LogP contribution < -0.4 is 4.90 Å². The van der Waals surface area contributed by atoms with Crippen molar-refractivity contribution in [3.8, 4) is 0 Å². The summed E-state index contributed by atoms with van der Waals surface area (Å²) in [6, 6.07) is 10.5. The predicted octanol–water partition coefficient (Wildman–Crippen LogP) is 3.31. The maximum Gasteiger partial charge on any atom is 0.139 e. The number of benzene rings is 1. The molecule has 6 rings (SSSR count). The van der Waals surface area contributed by atoms with Gasteiger partial charge in [0.05, 0.1) is 18.2 Å². The average molecular weight is 428 g/mol. The zero-order chi connectivity index (χ0) is 21.3. The lowest BCUT2D eigenvalue weighted by atomic mass is 10.1. The molecule has 0 aliphatic carbocycles. The first-order valence-electron chi connectivity index (χ1n) is 11.0. The summed E-state index contributed by atoms with van der Waals surface area (Å²) in [6.45, 7) is 5.82. The van der Waals surface area contributed by atoms with Gasteiger partial charge in [-0.1, -0.05) is 6.07 Å². The molecule has 0 spiro atoms. The summed E-state index contributed by atoms with van der Waals surface area (Å²) in [5.41, 5.74) is 4.69. The molecule has 0 radical (unpaired) electrons. The fourth-order valence-electron chi connectivity index (χ4n) is 4.63. The number of hydrogen-bond acceptors (Lipinski definition) is 6. The van der Waals surface area contributed by atoms with Gasteiger partial charge in [0.1, 0.15) is 24.1 Å². The van der Waals surface area contributed by atoms with E-state index < -0.39 is 0 Å². The van der Waals surface area contributed by atoms with E-state index in [4.69, 9.17) is 4.42 Å². The molecule has 5 aromatic rings. The molecule has 8 heteroatoms. The highest BCUT2D eigenvalue weighted by molar-refractivity contribution is 5.88. The van der Waals surface area contributed by atoms with Gasteiger partial charge in [0.2, 0.25) is 0 Å². The largest absolute Gasteiger partial charge is 0.464 e. The van der Waals surface area contributed by atoms with Crippen molar-refractivity contribution in [2.24, 2.45) is 0 Å². The molecule has 0 atom stereocenters. The van der Waals surface area contributed by atoms with Gasteiger partial charge in [0, 0.05) is 56.0 Å². The number of piperazine rings is 1. The molecule has 4 aromatic heterocycles. The van der Waals surface area contributed by atoms with Gasteiger partial charge in [-0.15, -0.1) is 0 Å². The molecule has 1 aromatic carbocycles. The number of anilines is 1. The Kier molecular flexibility index (Phi) is 4.84. The Labute approximate surface area is 185 Å². The Hall–Kier alpha value is -3.65. The minimum absolute atomic E-state index is 0.736. The average Bonchev–Trinajstić information content (AvgIpc) is 3.59. The summed E-state index contributed by atoms with van der Waals surface area (Å²) in [7, 11) is 0. The number of nitrogens with one attached hydrogen (secondary N) is 1. The van der Waals surface area contributed by atoms with E-state index in [1.165, 1.54) is 22.0 Å². The van der Waals surface area contributed by atoms with Crippen LogP contribution in [0.2, 0.25) is 0 Å². The minimum Gasteiger partial charge on any atom is -0.464 e. The lowest BCUT2D eigenvalue weighted by Gasteiger charge is -2.35. The number of aromatic amines is 1. The summed E-state index contributed by atoms with van der Waals surface area (Å²) in [4.78, 5) is 17.0. The topological polar surface area (TPSA) is 79.0 Å². The molecule has 1 aliphatic heterocycles. The molecular weight excluding hydrogens is 402 g/mol. The van der Waals surface area contributed by atoms with E-state index in [1.807, 2.05) is 23.0 Å². The second-order valence-electron chi connectivity index (χ2n) is 8.33. The third-order valence-electron chi connectivity index (χ3n) is 6.37. The Morgan fingerprint density at radius 3 is 2.84 bits per heavy atom. The zero-order valence-corrected chi connectivity index (χ0v) is 17.8. The van der Waals surface area contributed by atoms with Gasteiger partial charge in [0.15, 0.2) is 0 Å². The number of fused-ring (bicyclic) bond motifs is 2. The highest BCUT2D eigenvalue weighted by Crippen LogP contribution is 2.26. The number of furan rings is 1.